The summed E-state index contributed by atoms with van der Waals surface area (Å²) in [7, 11) is 0. The Hall–Kier alpha value is -1.66. The third kappa shape index (κ3) is 2.18. The Morgan fingerprint density at radius 2 is 2.12 bits per heavy atom. The molecule has 6 unspecified atom stereocenters. The minimum atomic E-state index is -1.55. The first kappa shape index (κ1) is 17.7. The number of carbonyl (C=O) groups is 2. The fraction of sp³-hybridized carbons (Fsp3) is 0.700. The van der Waals surface area contributed by atoms with Crippen LogP contribution >= 0.6 is 0 Å². The van der Waals surface area contributed by atoms with E-state index in [-0.39, 0.29) is 35.4 Å². The number of ether oxygens (including phenoxy) is 3. The Morgan fingerprint density at radius 3 is 2.81 bits per heavy atom. The lowest BCUT2D eigenvalue weighted by atomic mass is 9.52. The smallest absolute Gasteiger partial charge is 0.336 e. The molecular formula is C20H26O6. The average Bonchev–Trinajstić information content (AvgIpc) is 3.04. The van der Waals surface area contributed by atoms with Gasteiger partial charge in [-0.2, -0.15) is 0 Å². The largest absolute Gasteiger partial charge is 0.459 e. The molecule has 0 bridgehead atoms. The monoisotopic (exact) mass is 362 g/mol. The topological polar surface area (TPSA) is 82.1 Å². The van der Waals surface area contributed by atoms with E-state index < -0.39 is 11.8 Å². The minimum absolute atomic E-state index is 0.0420. The third-order valence-electron chi connectivity index (χ3n) is 7.13. The molecule has 6 nitrogen and oxygen atoms in total. The highest BCUT2D eigenvalue weighted by atomic mass is 16.7. The lowest BCUT2D eigenvalue weighted by Crippen LogP contribution is -2.58. The number of hydrogen-bond donors (Lipinski definition) is 1. The maximum atomic E-state index is 12.3. The summed E-state index contributed by atoms with van der Waals surface area (Å²) in [6.07, 6.45) is 3.06. The molecule has 2 aliphatic carbocycles. The number of hydrogen-bond acceptors (Lipinski definition) is 6. The Morgan fingerprint density at radius 1 is 1.38 bits per heavy atom. The van der Waals surface area contributed by atoms with Crippen molar-refractivity contribution >= 4 is 11.9 Å². The van der Waals surface area contributed by atoms with Crippen molar-refractivity contribution < 1.29 is 28.9 Å². The van der Waals surface area contributed by atoms with Crippen LogP contribution in [0, 0.1) is 17.3 Å². The van der Waals surface area contributed by atoms with E-state index >= 15 is 0 Å². The van der Waals surface area contributed by atoms with Crippen LogP contribution in [0.4, 0.5) is 0 Å². The molecule has 6 atom stereocenters. The summed E-state index contributed by atoms with van der Waals surface area (Å²) in [5.74, 6) is -2.12. The van der Waals surface area contributed by atoms with Crippen molar-refractivity contribution in [3.63, 3.8) is 0 Å². The van der Waals surface area contributed by atoms with Crippen LogP contribution in [-0.4, -0.2) is 41.6 Å². The summed E-state index contributed by atoms with van der Waals surface area (Å²) in [6, 6.07) is 0. The Kier molecular flexibility index (Phi) is 3.87. The fourth-order valence-corrected chi connectivity index (χ4v) is 5.44. The lowest BCUT2D eigenvalue weighted by molar-refractivity contribution is -0.215. The summed E-state index contributed by atoms with van der Waals surface area (Å²) < 4.78 is 17.2. The summed E-state index contributed by atoms with van der Waals surface area (Å²) in [5.41, 5.74) is 1.32. The van der Waals surface area contributed by atoms with Gasteiger partial charge in [-0.05, 0) is 39.5 Å². The summed E-state index contributed by atoms with van der Waals surface area (Å²) in [6.45, 7) is 7.85. The summed E-state index contributed by atoms with van der Waals surface area (Å²) in [5, 5.41) is 11.0. The minimum Gasteiger partial charge on any atom is -0.459 e. The standard InChI is InChI=1S/C20H26O6/c1-5-10(2)17(21)25-14-7-6-12-8-20(23)15(11(3)18(22)26-20)16-19(12,4)13(14)9-24-16/h5,12-14,16,23H,6-9H2,1-4H3. The van der Waals surface area contributed by atoms with Gasteiger partial charge in [0.05, 0.1) is 12.7 Å². The number of fused-ring (bicyclic) bond motifs is 2. The second kappa shape index (κ2) is 5.67. The summed E-state index contributed by atoms with van der Waals surface area (Å²) in [4.78, 5) is 24.3. The normalized spacial score (nSPS) is 44.5. The van der Waals surface area contributed by atoms with Gasteiger partial charge in [-0.15, -0.1) is 0 Å². The molecular weight excluding hydrogens is 336 g/mol. The molecule has 0 aromatic carbocycles. The van der Waals surface area contributed by atoms with Crippen molar-refractivity contribution in [2.24, 2.45) is 17.3 Å². The van der Waals surface area contributed by atoms with Crippen molar-refractivity contribution in [3.8, 4) is 0 Å². The molecule has 2 saturated carbocycles. The van der Waals surface area contributed by atoms with Crippen LogP contribution in [0.5, 0.6) is 0 Å². The van der Waals surface area contributed by atoms with Gasteiger partial charge in [0, 0.05) is 34.5 Å². The SMILES string of the molecule is CC=C(C)C(=O)OC1CCC2CC3(O)OC(=O)C(C)=C3C3OCC1C23C. The van der Waals surface area contributed by atoms with E-state index in [1.807, 2.05) is 6.92 Å². The van der Waals surface area contributed by atoms with E-state index in [1.165, 1.54) is 0 Å². The maximum Gasteiger partial charge on any atom is 0.336 e. The zero-order valence-electron chi connectivity index (χ0n) is 15.7. The van der Waals surface area contributed by atoms with Gasteiger partial charge in [-0.25, -0.2) is 9.59 Å². The second-order valence-corrected chi connectivity index (χ2v) is 8.29. The second-order valence-electron chi connectivity index (χ2n) is 8.29. The van der Waals surface area contributed by atoms with Gasteiger partial charge in [-0.1, -0.05) is 13.0 Å². The van der Waals surface area contributed by atoms with Gasteiger partial charge >= 0.3 is 11.9 Å². The van der Waals surface area contributed by atoms with Crippen LogP contribution < -0.4 is 0 Å². The number of carbonyl (C=O) groups excluding carboxylic acids is 2. The molecule has 0 amide bonds. The first-order valence-electron chi connectivity index (χ1n) is 9.34. The van der Waals surface area contributed by atoms with E-state index in [4.69, 9.17) is 14.2 Å². The average molecular weight is 362 g/mol. The number of esters is 2. The Balaban J connectivity index is 1.68. The van der Waals surface area contributed by atoms with Crippen LogP contribution in [0.2, 0.25) is 0 Å². The number of allylic oxidation sites excluding steroid dienone is 1. The molecule has 0 spiro atoms. The van der Waals surface area contributed by atoms with Crippen LogP contribution in [0.3, 0.4) is 0 Å². The summed E-state index contributed by atoms with van der Waals surface area (Å²) >= 11 is 0. The van der Waals surface area contributed by atoms with E-state index in [9.17, 15) is 14.7 Å². The van der Waals surface area contributed by atoms with Gasteiger partial charge in [0.15, 0.2) is 0 Å². The van der Waals surface area contributed by atoms with Crippen molar-refractivity contribution in [2.45, 2.75) is 65.0 Å². The highest BCUT2D eigenvalue weighted by Crippen LogP contribution is 2.63. The molecule has 0 radical (unpaired) electrons. The molecule has 142 valence electrons. The molecule has 0 aromatic rings. The maximum absolute atomic E-state index is 12.3. The molecule has 4 rings (SSSR count). The van der Waals surface area contributed by atoms with Gasteiger partial charge in [0.25, 0.3) is 0 Å². The fourth-order valence-electron chi connectivity index (χ4n) is 5.44. The van der Waals surface area contributed by atoms with Crippen LogP contribution in [-0.2, 0) is 23.8 Å². The van der Waals surface area contributed by atoms with Crippen molar-refractivity contribution in [3.05, 3.63) is 22.8 Å². The van der Waals surface area contributed by atoms with E-state index in [1.54, 1.807) is 19.9 Å². The van der Waals surface area contributed by atoms with Gasteiger partial charge in [0.2, 0.25) is 5.79 Å². The van der Waals surface area contributed by atoms with Gasteiger partial charge < -0.3 is 19.3 Å². The number of aliphatic hydroxyl groups is 1. The lowest BCUT2D eigenvalue weighted by Gasteiger charge is -2.54. The van der Waals surface area contributed by atoms with Crippen LogP contribution in [0.25, 0.3) is 0 Å². The van der Waals surface area contributed by atoms with E-state index in [2.05, 4.69) is 6.92 Å². The molecule has 1 N–H and O–H groups in total. The molecule has 2 aliphatic heterocycles. The molecule has 6 heteroatoms. The first-order chi connectivity index (χ1) is 12.2. The van der Waals surface area contributed by atoms with Crippen molar-refractivity contribution in [1.82, 2.24) is 0 Å². The van der Waals surface area contributed by atoms with Gasteiger partial charge in [-0.3, -0.25) is 0 Å². The molecule has 1 saturated heterocycles. The first-order valence-corrected chi connectivity index (χ1v) is 9.34. The quantitative estimate of drug-likeness (QED) is 0.599. The molecule has 2 heterocycles. The molecule has 4 aliphatic rings. The third-order valence-corrected chi connectivity index (χ3v) is 7.13. The predicted molar refractivity (Wildman–Crippen MR) is 91.7 cm³/mol. The van der Waals surface area contributed by atoms with Crippen LogP contribution in [0.15, 0.2) is 22.8 Å². The highest BCUT2D eigenvalue weighted by Gasteiger charge is 2.68. The van der Waals surface area contributed by atoms with Crippen LogP contribution in [0.1, 0.15) is 47.0 Å². The van der Waals surface area contributed by atoms with Crippen molar-refractivity contribution in [2.75, 3.05) is 6.61 Å². The van der Waals surface area contributed by atoms with E-state index in [0.29, 0.717) is 29.7 Å². The molecule has 26 heavy (non-hydrogen) atoms. The number of rotatable bonds is 2. The Bertz CT molecular complexity index is 737. The molecule has 3 fully saturated rings. The molecule has 0 aromatic heterocycles. The van der Waals surface area contributed by atoms with Crippen molar-refractivity contribution in [1.29, 1.82) is 0 Å². The Labute approximate surface area is 153 Å². The van der Waals surface area contributed by atoms with E-state index in [0.717, 1.165) is 12.8 Å². The highest BCUT2D eigenvalue weighted by molar-refractivity contribution is 5.92. The zero-order valence-corrected chi connectivity index (χ0v) is 15.7. The zero-order chi connectivity index (χ0) is 18.9. The predicted octanol–water partition coefficient (Wildman–Crippen LogP) is 2.26. The van der Waals surface area contributed by atoms with Gasteiger partial charge in [0.1, 0.15) is 6.10 Å².